The molecule has 1 N–H and O–H groups in total. The lowest BCUT2D eigenvalue weighted by Crippen LogP contribution is -2.48. The third-order valence-electron chi connectivity index (χ3n) is 4.07. The molecule has 0 aliphatic carbocycles. The Morgan fingerprint density at radius 3 is 2.59 bits per heavy atom. The lowest BCUT2D eigenvalue weighted by Gasteiger charge is -2.34. The minimum Gasteiger partial charge on any atom is -0.335 e. The fraction of sp³-hybridized carbons (Fsp3) is 0.412. The minimum absolute atomic E-state index is 0.0274. The zero-order valence-electron chi connectivity index (χ0n) is 13.2. The van der Waals surface area contributed by atoms with Crippen molar-refractivity contribution in [3.8, 4) is 0 Å². The number of piperazine rings is 1. The van der Waals surface area contributed by atoms with Gasteiger partial charge in [0.15, 0.2) is 0 Å². The monoisotopic (exact) mass is 298 g/mol. The van der Waals surface area contributed by atoms with E-state index in [4.69, 9.17) is 0 Å². The molecule has 22 heavy (non-hydrogen) atoms. The second-order valence-corrected chi connectivity index (χ2v) is 5.99. The molecule has 1 saturated heterocycles. The van der Waals surface area contributed by atoms with Crippen molar-refractivity contribution in [3.63, 3.8) is 0 Å². The van der Waals surface area contributed by atoms with E-state index in [1.165, 1.54) is 11.1 Å². The Morgan fingerprint density at radius 2 is 1.95 bits per heavy atom. The van der Waals surface area contributed by atoms with Gasteiger partial charge in [-0.25, -0.2) is 0 Å². The SMILES string of the molecule is Cc1cccc(CN2CCN(C(=O)c3cc(C)[nH]n3)CC2)c1. The number of hydrogen-bond donors (Lipinski definition) is 1. The van der Waals surface area contributed by atoms with E-state index in [0.717, 1.165) is 38.4 Å². The molecule has 1 aromatic heterocycles. The van der Waals surface area contributed by atoms with Crippen molar-refractivity contribution in [2.24, 2.45) is 0 Å². The van der Waals surface area contributed by atoms with Crippen molar-refractivity contribution in [1.29, 1.82) is 0 Å². The summed E-state index contributed by atoms with van der Waals surface area (Å²) in [5, 5.41) is 6.88. The molecule has 1 aliphatic heterocycles. The molecule has 1 aliphatic rings. The van der Waals surface area contributed by atoms with Crippen molar-refractivity contribution in [3.05, 3.63) is 52.8 Å². The Kier molecular flexibility index (Phi) is 4.24. The van der Waals surface area contributed by atoms with E-state index in [0.29, 0.717) is 5.69 Å². The molecule has 0 spiro atoms. The van der Waals surface area contributed by atoms with E-state index in [-0.39, 0.29) is 5.91 Å². The zero-order chi connectivity index (χ0) is 15.5. The summed E-state index contributed by atoms with van der Waals surface area (Å²) in [6.45, 7) is 8.31. The summed E-state index contributed by atoms with van der Waals surface area (Å²) in [6, 6.07) is 10.4. The standard InChI is InChI=1S/C17H22N4O/c1-13-4-3-5-15(10-13)12-20-6-8-21(9-7-20)17(22)16-11-14(2)18-19-16/h3-5,10-11H,6-9,12H2,1-2H3,(H,18,19). The predicted molar refractivity (Wildman–Crippen MR) is 85.7 cm³/mol. The van der Waals surface area contributed by atoms with Gasteiger partial charge in [0.1, 0.15) is 5.69 Å². The summed E-state index contributed by atoms with van der Waals surface area (Å²) >= 11 is 0. The maximum atomic E-state index is 12.3. The highest BCUT2D eigenvalue weighted by atomic mass is 16.2. The molecule has 1 amide bonds. The largest absolute Gasteiger partial charge is 0.335 e. The van der Waals surface area contributed by atoms with E-state index >= 15 is 0 Å². The third-order valence-corrected chi connectivity index (χ3v) is 4.07. The van der Waals surface area contributed by atoms with Gasteiger partial charge < -0.3 is 4.90 Å². The van der Waals surface area contributed by atoms with Crippen molar-refractivity contribution < 1.29 is 4.79 Å². The van der Waals surface area contributed by atoms with Crippen LogP contribution in [0.15, 0.2) is 30.3 Å². The Bertz CT molecular complexity index is 656. The van der Waals surface area contributed by atoms with Gasteiger partial charge in [-0.3, -0.25) is 14.8 Å². The van der Waals surface area contributed by atoms with E-state index < -0.39 is 0 Å². The van der Waals surface area contributed by atoms with Crippen LogP contribution in [0.3, 0.4) is 0 Å². The summed E-state index contributed by atoms with van der Waals surface area (Å²) < 4.78 is 0. The van der Waals surface area contributed by atoms with E-state index in [1.807, 2.05) is 11.8 Å². The number of amides is 1. The Labute approximate surface area is 130 Å². The quantitative estimate of drug-likeness (QED) is 0.943. The predicted octanol–water partition coefficient (Wildman–Crippen LogP) is 1.98. The van der Waals surface area contributed by atoms with Crippen LogP contribution in [-0.2, 0) is 6.54 Å². The van der Waals surface area contributed by atoms with Crippen LogP contribution in [0.25, 0.3) is 0 Å². The molecule has 2 aromatic rings. The fourth-order valence-corrected chi connectivity index (χ4v) is 2.87. The van der Waals surface area contributed by atoms with Crippen LogP contribution in [0.4, 0.5) is 0 Å². The molecule has 116 valence electrons. The van der Waals surface area contributed by atoms with Gasteiger partial charge in [-0.2, -0.15) is 5.10 Å². The van der Waals surface area contributed by atoms with Crippen molar-refractivity contribution in [2.45, 2.75) is 20.4 Å². The van der Waals surface area contributed by atoms with Crippen LogP contribution < -0.4 is 0 Å². The number of rotatable bonds is 3. The second kappa shape index (κ2) is 6.32. The van der Waals surface area contributed by atoms with Gasteiger partial charge in [0.2, 0.25) is 0 Å². The van der Waals surface area contributed by atoms with Crippen molar-refractivity contribution in [1.82, 2.24) is 20.0 Å². The molecular formula is C17H22N4O. The number of aryl methyl sites for hydroxylation is 2. The molecule has 0 unspecified atom stereocenters. The van der Waals surface area contributed by atoms with Gasteiger partial charge in [0.25, 0.3) is 5.91 Å². The molecule has 1 aromatic carbocycles. The topological polar surface area (TPSA) is 52.2 Å². The van der Waals surface area contributed by atoms with E-state index in [9.17, 15) is 4.79 Å². The van der Waals surface area contributed by atoms with Crippen LogP contribution in [0, 0.1) is 13.8 Å². The molecule has 3 rings (SSSR count). The van der Waals surface area contributed by atoms with Crippen molar-refractivity contribution in [2.75, 3.05) is 26.2 Å². The Hall–Kier alpha value is -2.14. The average Bonchev–Trinajstić information content (AvgIpc) is 2.94. The summed E-state index contributed by atoms with van der Waals surface area (Å²) in [5.41, 5.74) is 4.06. The number of hydrogen-bond acceptors (Lipinski definition) is 3. The van der Waals surface area contributed by atoms with Gasteiger partial charge in [-0.15, -0.1) is 0 Å². The van der Waals surface area contributed by atoms with Gasteiger partial charge in [0.05, 0.1) is 0 Å². The van der Waals surface area contributed by atoms with Crippen LogP contribution in [0.2, 0.25) is 0 Å². The van der Waals surface area contributed by atoms with Gasteiger partial charge in [-0.05, 0) is 25.5 Å². The highest BCUT2D eigenvalue weighted by Gasteiger charge is 2.23. The molecule has 5 nitrogen and oxygen atoms in total. The Morgan fingerprint density at radius 1 is 1.18 bits per heavy atom. The molecule has 2 heterocycles. The number of nitrogens with one attached hydrogen (secondary N) is 1. The molecule has 1 fully saturated rings. The highest BCUT2D eigenvalue weighted by Crippen LogP contribution is 2.12. The Balaban J connectivity index is 1.55. The summed E-state index contributed by atoms with van der Waals surface area (Å²) in [5.74, 6) is 0.0274. The van der Waals surface area contributed by atoms with Gasteiger partial charge >= 0.3 is 0 Å². The number of benzene rings is 1. The highest BCUT2D eigenvalue weighted by molar-refractivity contribution is 5.92. The lowest BCUT2D eigenvalue weighted by molar-refractivity contribution is 0.0622. The van der Waals surface area contributed by atoms with Gasteiger partial charge in [-0.1, -0.05) is 29.8 Å². The first kappa shape index (κ1) is 14.8. The number of carbonyl (C=O) groups excluding carboxylic acids is 1. The normalized spacial score (nSPS) is 16.0. The molecule has 0 radical (unpaired) electrons. The van der Waals surface area contributed by atoms with E-state index in [1.54, 1.807) is 6.07 Å². The fourth-order valence-electron chi connectivity index (χ4n) is 2.87. The molecular weight excluding hydrogens is 276 g/mol. The first-order valence-electron chi connectivity index (χ1n) is 7.71. The molecule has 0 bridgehead atoms. The van der Waals surface area contributed by atoms with Crippen LogP contribution >= 0.6 is 0 Å². The summed E-state index contributed by atoms with van der Waals surface area (Å²) in [7, 11) is 0. The number of nitrogens with zero attached hydrogens (tertiary/aromatic N) is 3. The van der Waals surface area contributed by atoms with E-state index in [2.05, 4.69) is 46.3 Å². The molecule has 5 heteroatoms. The van der Waals surface area contributed by atoms with Gasteiger partial charge in [0, 0.05) is 38.4 Å². The first-order valence-corrected chi connectivity index (χ1v) is 7.71. The number of H-pyrrole nitrogens is 1. The molecule has 0 atom stereocenters. The number of carbonyl (C=O) groups is 1. The minimum atomic E-state index is 0.0274. The maximum absolute atomic E-state index is 12.3. The molecule has 0 saturated carbocycles. The number of aromatic amines is 1. The smallest absolute Gasteiger partial charge is 0.274 e. The first-order chi connectivity index (χ1) is 10.6. The number of aromatic nitrogens is 2. The summed E-state index contributed by atoms with van der Waals surface area (Å²) in [6.07, 6.45) is 0. The van der Waals surface area contributed by atoms with Crippen LogP contribution in [-0.4, -0.2) is 52.1 Å². The third kappa shape index (κ3) is 3.36. The second-order valence-electron chi connectivity index (χ2n) is 5.99. The average molecular weight is 298 g/mol. The zero-order valence-corrected chi connectivity index (χ0v) is 13.2. The summed E-state index contributed by atoms with van der Waals surface area (Å²) in [4.78, 5) is 16.6. The lowest BCUT2D eigenvalue weighted by atomic mass is 10.1. The van der Waals surface area contributed by atoms with Crippen LogP contribution in [0.5, 0.6) is 0 Å². The maximum Gasteiger partial charge on any atom is 0.274 e. The van der Waals surface area contributed by atoms with Crippen LogP contribution in [0.1, 0.15) is 27.3 Å². The van der Waals surface area contributed by atoms with Crippen molar-refractivity contribution >= 4 is 5.91 Å².